The van der Waals surface area contributed by atoms with Crippen molar-refractivity contribution in [3.05, 3.63) is 252 Å². The number of rotatable bonds is 38. The molecule has 2 saturated heterocycles. The van der Waals surface area contributed by atoms with Crippen LogP contribution in [0.1, 0.15) is 143 Å². The van der Waals surface area contributed by atoms with Crippen molar-refractivity contribution >= 4 is 0 Å². The van der Waals surface area contributed by atoms with Crippen molar-refractivity contribution in [3.8, 4) is 103 Å². The van der Waals surface area contributed by atoms with Gasteiger partial charge in [-0.1, -0.05) is 6.92 Å². The molecule has 6 aromatic heterocycles. The molecule has 3 aliphatic carbocycles. The molecule has 0 bridgehead atoms. The Labute approximate surface area is 798 Å². The van der Waals surface area contributed by atoms with Crippen LogP contribution in [0.15, 0.2) is 211 Å². The van der Waals surface area contributed by atoms with E-state index in [0.717, 1.165) is 147 Å². The summed E-state index contributed by atoms with van der Waals surface area (Å²) in [5, 5.41) is 34.2. The van der Waals surface area contributed by atoms with E-state index in [9.17, 15) is 39.5 Å². The summed E-state index contributed by atoms with van der Waals surface area (Å²) in [5.74, 6) is 9.63. The summed E-state index contributed by atoms with van der Waals surface area (Å²) >= 11 is 0. The van der Waals surface area contributed by atoms with Gasteiger partial charge in [0.25, 0.3) is 5.92 Å². The number of halogens is 9. The smallest absolute Gasteiger partial charge is 0.259 e. The van der Waals surface area contributed by atoms with Crippen molar-refractivity contribution < 1.29 is 77.4 Å². The van der Waals surface area contributed by atoms with E-state index in [-0.39, 0.29) is 91.2 Å². The lowest BCUT2D eigenvalue weighted by molar-refractivity contribution is 0.0828. The molecule has 5 aliphatic rings. The Morgan fingerprint density at radius 1 is 0.388 bits per heavy atom. The van der Waals surface area contributed by atoms with Gasteiger partial charge in [0.15, 0.2) is 40.8 Å². The molecule has 17 rings (SSSR count). The molecule has 32 nitrogen and oxygen atoms in total. The predicted molar refractivity (Wildman–Crippen MR) is 508 cm³/mol. The molecule has 2 aliphatic heterocycles. The molecular weight excluding hydrogens is 1810 g/mol. The number of nitrogens with one attached hydrogen (secondary N) is 3. The molecule has 8 heterocycles. The largest absolute Gasteiger partial charge is 0.489 e. The van der Waals surface area contributed by atoms with Gasteiger partial charge in [-0.15, -0.1) is 0 Å². The zero-order valence-corrected chi connectivity index (χ0v) is 77.8. The van der Waals surface area contributed by atoms with Gasteiger partial charge in [-0.05, 0) is 198 Å². The highest BCUT2D eigenvalue weighted by Crippen LogP contribution is 2.55. The van der Waals surface area contributed by atoms with E-state index in [1.54, 1.807) is 41.1 Å². The van der Waals surface area contributed by atoms with E-state index in [2.05, 4.69) is 84.7 Å². The van der Waals surface area contributed by atoms with Gasteiger partial charge in [-0.25, -0.2) is 78.8 Å². The highest BCUT2D eigenvalue weighted by Gasteiger charge is 2.59. The third-order valence-electron chi connectivity index (χ3n) is 22.6. The van der Waals surface area contributed by atoms with Crippen LogP contribution in [-0.4, -0.2) is 201 Å². The standard InChI is InChI=1S/C18H23FN4O2.C17H21FN4O2.C17H21FN4O.C16H21FN4O.C15H15F3N4O.C15H16F2N4O/c1-23-18(15-6-8-24-9-7-15)21-17(22-23)14-2-4-16(5-3-14)25-12-13(10-19)11-20;18-9-12(10-19)11-24-15-3-1-13(2-4-15)16-20-17(22-21-16)14-5-7-23-8-6-14;1-2-22-17(14-3-4-14)20-16(21-22)13-5-7-15(8-6-13)23-11-12(9-18)10-19;1-3-4-15-19-16(21(2)20-15)13-5-7-14(8-6-13)22-11-12(9-17)10-18;16-6-9(7-19)8-23-11-3-1-10(2-4-11)13-20-14(22-21-13)12-5-15(12,17)18;16-6-9(7-18)8-22-11-3-4-12(13(17)5-11)15-19-14(20-21-15)10-1-2-10/h2-5,10,15H,6-9,11-12,20H2,1H3;1-4,9,14H,5-8,10-11,19H2,(H,20,21,22);5-9,14H,2-4,10-11,19H2,1H3;5-9H,3-4,10-11,18H2,1-2H3;1-4,6,12H,5,7-8,19H2,(H,20,21,22);3-6,10H,1-2,7-8,18H2,(H,19,20,21)/b13-10+;3*12-9+;2*9-6+. The van der Waals surface area contributed by atoms with E-state index < -0.39 is 17.7 Å². The summed E-state index contributed by atoms with van der Waals surface area (Å²) in [6.07, 6.45) is 13.0. The number of hydrogen-bond donors (Lipinski definition) is 9. The second-order valence-corrected chi connectivity index (χ2v) is 33.0. The molecule has 15 N–H and O–H groups in total. The Bertz CT molecular complexity index is 6000. The maximum absolute atomic E-state index is 14.2. The van der Waals surface area contributed by atoms with Gasteiger partial charge in [0.1, 0.15) is 109 Å². The van der Waals surface area contributed by atoms with E-state index in [1.807, 2.05) is 121 Å². The number of H-pyrrole nitrogens is 3. The second-order valence-electron chi connectivity index (χ2n) is 33.0. The summed E-state index contributed by atoms with van der Waals surface area (Å²) in [7, 11) is 3.81. The minimum Gasteiger partial charge on any atom is -0.489 e. The third kappa shape index (κ3) is 30.7. The van der Waals surface area contributed by atoms with Gasteiger partial charge in [-0.3, -0.25) is 20.0 Å². The molecule has 5 fully saturated rings. The van der Waals surface area contributed by atoms with E-state index in [4.69, 9.17) is 77.3 Å². The van der Waals surface area contributed by atoms with E-state index in [0.29, 0.717) is 164 Å². The molecule has 1 unspecified atom stereocenters. The summed E-state index contributed by atoms with van der Waals surface area (Å²) in [4.78, 5) is 26.9. The Morgan fingerprint density at radius 2 is 0.719 bits per heavy atom. The Kier molecular flexibility index (Phi) is 39.7. The zero-order chi connectivity index (χ0) is 98.6. The normalized spacial score (nSPS) is 15.7. The first-order valence-corrected chi connectivity index (χ1v) is 45.7. The number of aryl methyl sites for hydroxylation is 4. The highest BCUT2D eigenvalue weighted by atomic mass is 19.3. The minimum absolute atomic E-state index is 0.0156. The Hall–Kier alpha value is -13.6. The molecule has 0 amide bonds. The van der Waals surface area contributed by atoms with Crippen LogP contribution in [0.4, 0.5) is 39.5 Å². The van der Waals surface area contributed by atoms with Crippen LogP contribution in [0.25, 0.3) is 68.3 Å². The molecule has 12 aromatic rings. The molecule has 3 saturated carbocycles. The quantitative estimate of drug-likeness (QED) is 0.0162. The van der Waals surface area contributed by atoms with Gasteiger partial charge in [-0.2, -0.15) is 30.6 Å². The number of aromatic nitrogens is 18. The molecule has 41 heteroatoms. The van der Waals surface area contributed by atoms with E-state index >= 15 is 0 Å². The summed E-state index contributed by atoms with van der Waals surface area (Å²) in [6.45, 7) is 9.44. The number of aromatic amines is 3. The van der Waals surface area contributed by atoms with Crippen molar-refractivity contribution in [1.29, 1.82) is 0 Å². The highest BCUT2D eigenvalue weighted by molar-refractivity contribution is 5.61. The topological polar surface area (TPSA) is 447 Å². The Balaban J connectivity index is 0.000000150. The van der Waals surface area contributed by atoms with Crippen LogP contribution >= 0.6 is 0 Å². The van der Waals surface area contributed by atoms with Crippen molar-refractivity contribution in [2.45, 2.75) is 127 Å². The van der Waals surface area contributed by atoms with Crippen molar-refractivity contribution in [2.24, 2.45) is 48.5 Å². The van der Waals surface area contributed by atoms with Gasteiger partial charge in [0.2, 0.25) is 0 Å². The lowest BCUT2D eigenvalue weighted by Crippen LogP contribution is -2.17. The van der Waals surface area contributed by atoms with Crippen LogP contribution in [0.2, 0.25) is 0 Å². The van der Waals surface area contributed by atoms with Gasteiger partial charge in [0, 0.05) is 190 Å². The number of ether oxygens (including phenoxy) is 8. The average Bonchev–Trinajstić information content (AvgIpc) is 1.60. The summed E-state index contributed by atoms with van der Waals surface area (Å²) < 4.78 is 164. The number of alkyl halides is 2. The third-order valence-corrected chi connectivity index (χ3v) is 22.6. The molecule has 740 valence electrons. The monoisotopic (exact) mass is 1930 g/mol. The molecule has 0 radical (unpaired) electrons. The SMILES string of the molecule is CCCc1nc(-c2ccc(OC/C(=C/F)CN)cc2)n(C)n1.CCn1nc(-c2ccc(OC/C(=C/F)CN)cc2)nc1C1CC1.Cn1nc(-c2ccc(OC/C(=C/F)CN)cc2)nc1C1CCOCC1.NC/C(=C\F)COc1ccc(-c2n[nH]c(C3CC3(F)F)n2)cc1.NC/C(=C\F)COc1ccc(-c2n[nH]c(C3CC3)n2)c(F)c1.NC/C(=C\F)COc1ccc(-c2n[nH]c(C3CCOCC3)n2)cc1. The van der Waals surface area contributed by atoms with Crippen molar-refractivity contribution in [1.82, 2.24) is 89.8 Å². The number of nitrogens with zero attached hydrogens (tertiary/aromatic N) is 15. The number of benzene rings is 6. The first kappa shape index (κ1) is 104. The average molecular weight is 1930 g/mol. The summed E-state index contributed by atoms with van der Waals surface area (Å²) in [6, 6.07) is 41.0. The number of nitrogens with two attached hydrogens (primary N) is 6. The van der Waals surface area contributed by atoms with Gasteiger partial charge < -0.3 is 72.3 Å². The van der Waals surface area contributed by atoms with Crippen LogP contribution in [0, 0.1) is 5.82 Å². The van der Waals surface area contributed by atoms with E-state index in [1.165, 1.54) is 18.9 Å². The fraction of sp³-hybridized carbons (Fsp3) is 0.388. The maximum atomic E-state index is 14.2. The van der Waals surface area contributed by atoms with Crippen LogP contribution < -0.4 is 62.8 Å². The molecule has 139 heavy (non-hydrogen) atoms. The molecule has 1 atom stereocenters. The van der Waals surface area contributed by atoms with Crippen LogP contribution in [0.5, 0.6) is 34.5 Å². The van der Waals surface area contributed by atoms with Crippen molar-refractivity contribution in [3.63, 3.8) is 0 Å². The first-order chi connectivity index (χ1) is 67.7. The van der Waals surface area contributed by atoms with Gasteiger partial charge in [0.05, 0.1) is 49.5 Å². The van der Waals surface area contributed by atoms with Crippen LogP contribution in [-0.2, 0) is 36.5 Å². The fourth-order valence-corrected chi connectivity index (χ4v) is 13.9. The minimum atomic E-state index is -2.68. The second kappa shape index (κ2) is 52.8. The van der Waals surface area contributed by atoms with Gasteiger partial charge >= 0.3 is 0 Å². The van der Waals surface area contributed by atoms with Crippen LogP contribution in [0.3, 0.4) is 0 Å². The Morgan fingerprint density at radius 3 is 1.09 bits per heavy atom. The molecular formula is C98H117F9N24O8. The molecule has 0 spiro atoms. The predicted octanol–water partition coefficient (Wildman–Crippen LogP) is 16.2. The first-order valence-electron chi connectivity index (χ1n) is 45.7. The lowest BCUT2D eigenvalue weighted by Gasteiger charge is -2.20. The number of hydrogen-bond acceptors (Lipinski definition) is 26. The zero-order valence-electron chi connectivity index (χ0n) is 77.8. The maximum Gasteiger partial charge on any atom is 0.259 e. The molecule has 6 aromatic carbocycles. The fourth-order valence-electron chi connectivity index (χ4n) is 13.9. The summed E-state index contributed by atoms with van der Waals surface area (Å²) in [5.41, 5.74) is 39.3. The lowest BCUT2D eigenvalue weighted by atomic mass is 9.99. The van der Waals surface area contributed by atoms with Crippen molar-refractivity contribution in [2.75, 3.05) is 105 Å².